The van der Waals surface area contributed by atoms with Crippen molar-refractivity contribution in [3.8, 4) is 5.75 Å². The van der Waals surface area contributed by atoms with Crippen LogP contribution in [0.1, 0.15) is 30.9 Å². The number of urea groups is 1. The molecule has 2 N–H and O–H groups in total. The fourth-order valence-electron chi connectivity index (χ4n) is 4.39. The first-order valence-corrected chi connectivity index (χ1v) is 10.2. The Morgan fingerprint density at radius 3 is 2.75 bits per heavy atom. The Kier molecular flexibility index (Phi) is 5.29. The molecule has 1 spiro atoms. The third-order valence-corrected chi connectivity index (χ3v) is 6.02. The normalized spacial score (nSPS) is 20.5. The molecule has 2 aliphatic rings. The molecule has 2 aromatic carbocycles. The van der Waals surface area contributed by atoms with Gasteiger partial charge in [-0.1, -0.05) is 24.3 Å². The molecule has 1 fully saturated rings. The number of benzene rings is 2. The first-order valence-electron chi connectivity index (χ1n) is 10.2. The lowest BCUT2D eigenvalue weighted by Crippen LogP contribution is -2.49. The second-order valence-electron chi connectivity index (χ2n) is 7.83. The Labute approximate surface area is 183 Å². The number of carbonyl (C=O) groups excluding carboxylic acids is 3. The zero-order valence-corrected chi connectivity index (χ0v) is 17.6. The van der Waals surface area contributed by atoms with E-state index in [9.17, 15) is 24.5 Å². The fourth-order valence-corrected chi connectivity index (χ4v) is 4.39. The fraction of sp³-hybridized carbons (Fsp3) is 0.318. The largest absolute Gasteiger partial charge is 0.495 e. The minimum absolute atomic E-state index is 0.0725. The van der Waals surface area contributed by atoms with Gasteiger partial charge in [-0.2, -0.15) is 0 Å². The van der Waals surface area contributed by atoms with E-state index in [0.717, 1.165) is 34.9 Å². The van der Waals surface area contributed by atoms with Gasteiger partial charge in [0.05, 0.1) is 17.7 Å². The number of amides is 4. The van der Waals surface area contributed by atoms with Gasteiger partial charge in [0.15, 0.2) is 0 Å². The number of nitro benzene ring substituents is 1. The molecule has 1 saturated heterocycles. The molecule has 2 atom stereocenters. The predicted octanol–water partition coefficient (Wildman–Crippen LogP) is 2.71. The molecular weight excluding hydrogens is 416 g/mol. The monoisotopic (exact) mass is 438 g/mol. The molecule has 0 bridgehead atoms. The Morgan fingerprint density at radius 2 is 2.03 bits per heavy atom. The topological polar surface area (TPSA) is 131 Å². The number of nitrogens with one attached hydrogen (secondary N) is 2. The second kappa shape index (κ2) is 7.95. The number of fused-ring (bicyclic) bond motifs is 2. The molecule has 10 heteroatoms. The van der Waals surface area contributed by atoms with Crippen molar-refractivity contribution in [3.05, 3.63) is 63.7 Å². The van der Waals surface area contributed by atoms with Crippen molar-refractivity contribution in [1.29, 1.82) is 0 Å². The molecule has 166 valence electrons. The number of carbonyl (C=O) groups is 3. The van der Waals surface area contributed by atoms with Gasteiger partial charge in [0, 0.05) is 12.1 Å². The highest BCUT2D eigenvalue weighted by molar-refractivity contribution is 6.11. The second-order valence-corrected chi connectivity index (χ2v) is 7.83. The Morgan fingerprint density at radius 1 is 1.28 bits per heavy atom. The van der Waals surface area contributed by atoms with E-state index in [1.54, 1.807) is 0 Å². The Hall–Kier alpha value is -3.95. The SMILES string of the molecule is COc1ccc([N+](=O)[O-])cc1NC(=O)[C@@H](C)N1C(=O)N[C@]2(CCCc3ccccc32)C1=O. The molecule has 32 heavy (non-hydrogen) atoms. The molecule has 4 amide bonds. The third kappa shape index (κ3) is 3.33. The van der Waals surface area contributed by atoms with Gasteiger partial charge in [0.25, 0.3) is 11.6 Å². The van der Waals surface area contributed by atoms with E-state index >= 15 is 0 Å². The number of nitro groups is 1. The molecule has 1 aliphatic heterocycles. The number of imide groups is 1. The summed E-state index contributed by atoms with van der Waals surface area (Å²) < 4.78 is 5.16. The molecule has 1 heterocycles. The highest BCUT2D eigenvalue weighted by Gasteiger charge is 2.55. The van der Waals surface area contributed by atoms with E-state index in [1.165, 1.54) is 26.2 Å². The van der Waals surface area contributed by atoms with Crippen LogP contribution in [0, 0.1) is 10.1 Å². The maximum Gasteiger partial charge on any atom is 0.326 e. The standard InChI is InChI=1S/C22H22N4O6/c1-13(19(27)23-17-12-15(26(30)31)9-10-18(17)32-2)25-20(28)22(24-21(25)29)11-5-7-14-6-3-4-8-16(14)22/h3-4,6,8-10,12-13H,5,7,11H2,1-2H3,(H,23,27)(H,24,29)/t13-,22+/m1/s1. The first-order chi connectivity index (χ1) is 15.3. The van der Waals surface area contributed by atoms with Crippen LogP contribution in [0.5, 0.6) is 5.75 Å². The zero-order chi connectivity index (χ0) is 23.0. The third-order valence-electron chi connectivity index (χ3n) is 6.02. The first kappa shape index (κ1) is 21.3. The molecule has 0 saturated carbocycles. The van der Waals surface area contributed by atoms with Crippen LogP contribution in [-0.4, -0.2) is 40.8 Å². The predicted molar refractivity (Wildman–Crippen MR) is 114 cm³/mol. The van der Waals surface area contributed by atoms with Crippen LogP contribution in [0.3, 0.4) is 0 Å². The number of hydrogen-bond donors (Lipinski definition) is 2. The van der Waals surface area contributed by atoms with Crippen molar-refractivity contribution in [3.63, 3.8) is 0 Å². The van der Waals surface area contributed by atoms with Gasteiger partial charge in [-0.15, -0.1) is 0 Å². The van der Waals surface area contributed by atoms with Gasteiger partial charge in [0.2, 0.25) is 5.91 Å². The number of hydrogen-bond acceptors (Lipinski definition) is 6. The lowest BCUT2D eigenvalue weighted by molar-refractivity contribution is -0.384. The molecule has 2 aromatic rings. The molecule has 0 aromatic heterocycles. The number of non-ortho nitro benzene ring substituents is 1. The van der Waals surface area contributed by atoms with Crippen LogP contribution >= 0.6 is 0 Å². The van der Waals surface area contributed by atoms with Crippen LogP contribution < -0.4 is 15.4 Å². The van der Waals surface area contributed by atoms with E-state index in [1.807, 2.05) is 24.3 Å². The minimum atomic E-state index is -1.19. The van der Waals surface area contributed by atoms with Gasteiger partial charge in [-0.3, -0.25) is 19.7 Å². The number of ether oxygens (including phenoxy) is 1. The zero-order valence-electron chi connectivity index (χ0n) is 17.6. The molecule has 1 aliphatic carbocycles. The van der Waals surface area contributed by atoms with Gasteiger partial charge < -0.3 is 15.4 Å². The molecule has 10 nitrogen and oxygen atoms in total. The average molecular weight is 438 g/mol. The van der Waals surface area contributed by atoms with Gasteiger partial charge in [0.1, 0.15) is 17.3 Å². The number of rotatable bonds is 5. The maximum atomic E-state index is 13.5. The molecular formula is C22H22N4O6. The van der Waals surface area contributed by atoms with Gasteiger partial charge in [-0.25, -0.2) is 9.69 Å². The summed E-state index contributed by atoms with van der Waals surface area (Å²) in [7, 11) is 1.36. The lowest BCUT2D eigenvalue weighted by Gasteiger charge is -2.33. The number of nitrogens with zero attached hydrogens (tertiary/aromatic N) is 2. The summed E-state index contributed by atoms with van der Waals surface area (Å²) >= 11 is 0. The van der Waals surface area contributed by atoms with Crippen LogP contribution in [0.25, 0.3) is 0 Å². The van der Waals surface area contributed by atoms with Crippen LogP contribution in [0.15, 0.2) is 42.5 Å². The molecule has 0 unspecified atom stereocenters. The summed E-state index contributed by atoms with van der Waals surface area (Å²) in [5.74, 6) is -0.942. The van der Waals surface area contributed by atoms with Crippen LogP contribution in [0.4, 0.5) is 16.2 Å². The quantitative estimate of drug-likeness (QED) is 0.419. The van der Waals surface area contributed by atoms with E-state index in [4.69, 9.17) is 4.74 Å². The lowest BCUT2D eigenvalue weighted by atomic mass is 9.76. The smallest absolute Gasteiger partial charge is 0.326 e. The van der Waals surface area contributed by atoms with Crippen molar-refractivity contribution in [2.45, 2.75) is 37.8 Å². The highest BCUT2D eigenvalue weighted by Crippen LogP contribution is 2.40. The van der Waals surface area contributed by atoms with E-state index in [2.05, 4.69) is 10.6 Å². The minimum Gasteiger partial charge on any atom is -0.495 e. The summed E-state index contributed by atoms with van der Waals surface area (Å²) in [6, 6.07) is 9.43. The Balaban J connectivity index is 1.61. The van der Waals surface area contributed by atoms with Crippen LogP contribution in [-0.2, 0) is 21.5 Å². The number of aryl methyl sites for hydroxylation is 1. The van der Waals surface area contributed by atoms with Crippen molar-refractivity contribution < 1.29 is 24.0 Å². The van der Waals surface area contributed by atoms with Crippen molar-refractivity contribution in [1.82, 2.24) is 10.2 Å². The van der Waals surface area contributed by atoms with Crippen LogP contribution in [0.2, 0.25) is 0 Å². The van der Waals surface area contributed by atoms with Gasteiger partial charge >= 0.3 is 6.03 Å². The van der Waals surface area contributed by atoms with Gasteiger partial charge in [-0.05, 0) is 43.4 Å². The highest BCUT2D eigenvalue weighted by atomic mass is 16.6. The maximum absolute atomic E-state index is 13.5. The molecule has 0 radical (unpaired) electrons. The average Bonchev–Trinajstić information content (AvgIpc) is 3.03. The van der Waals surface area contributed by atoms with E-state index in [0.29, 0.717) is 6.42 Å². The van der Waals surface area contributed by atoms with Crippen molar-refractivity contribution >= 4 is 29.2 Å². The van der Waals surface area contributed by atoms with E-state index < -0.39 is 34.3 Å². The van der Waals surface area contributed by atoms with Crippen molar-refractivity contribution in [2.75, 3.05) is 12.4 Å². The summed E-state index contributed by atoms with van der Waals surface area (Å²) in [5, 5.41) is 16.4. The van der Waals surface area contributed by atoms with Crippen molar-refractivity contribution in [2.24, 2.45) is 0 Å². The summed E-state index contributed by atoms with van der Waals surface area (Å²) in [4.78, 5) is 50.7. The van der Waals surface area contributed by atoms with E-state index in [-0.39, 0.29) is 17.1 Å². The summed E-state index contributed by atoms with van der Waals surface area (Å²) in [6.45, 7) is 1.43. The number of anilines is 1. The molecule has 4 rings (SSSR count). The summed E-state index contributed by atoms with van der Waals surface area (Å²) in [6.07, 6.45) is 1.98. The number of methoxy groups -OCH3 is 1. The Bertz CT molecular complexity index is 1130. The summed E-state index contributed by atoms with van der Waals surface area (Å²) in [5.41, 5.74) is 0.390.